The average molecular weight is 653 g/mol. The molecule has 3 nitrogen and oxygen atoms in total. The summed E-state index contributed by atoms with van der Waals surface area (Å²) < 4.78 is 11.6. The second kappa shape index (κ2) is 30.9. The Labute approximate surface area is 291 Å². The predicted molar refractivity (Wildman–Crippen MR) is 205 cm³/mol. The summed E-state index contributed by atoms with van der Waals surface area (Å²) in [5, 5.41) is 10.3. The molecule has 0 bridgehead atoms. The van der Waals surface area contributed by atoms with Gasteiger partial charge in [-0.2, -0.15) is 0 Å². The first-order valence-electron chi connectivity index (χ1n) is 20.7. The highest BCUT2D eigenvalue weighted by atomic mass is 16.5. The Morgan fingerprint density at radius 3 is 0.783 bits per heavy atom. The molecular weight excluding hydrogens is 564 g/mol. The van der Waals surface area contributed by atoms with Crippen LogP contribution in [0.15, 0.2) is 0 Å². The first-order chi connectivity index (χ1) is 21.9. The van der Waals surface area contributed by atoms with Crippen molar-refractivity contribution in [3.05, 3.63) is 0 Å². The highest BCUT2D eigenvalue weighted by Gasteiger charge is 2.11. The number of ether oxygens (including phenoxy) is 2. The maximum atomic E-state index is 10.3. The summed E-state index contributed by atoms with van der Waals surface area (Å²) in [7, 11) is 0. The SMILES string of the molecule is CC(C)CCCC(C)CCCC(C)CCCC(C)CCOCC(O)COCCC(C)CCCC(C)CCCC(C)CCCC(C)C. The molecule has 0 saturated carbocycles. The van der Waals surface area contributed by atoms with Gasteiger partial charge < -0.3 is 14.6 Å². The van der Waals surface area contributed by atoms with Crippen molar-refractivity contribution in [3.8, 4) is 0 Å². The lowest BCUT2D eigenvalue weighted by Crippen LogP contribution is -2.23. The second-order valence-electron chi connectivity index (χ2n) is 17.4. The van der Waals surface area contributed by atoms with Crippen molar-refractivity contribution < 1.29 is 14.6 Å². The Morgan fingerprint density at radius 2 is 0.543 bits per heavy atom. The van der Waals surface area contributed by atoms with E-state index in [9.17, 15) is 5.11 Å². The lowest BCUT2D eigenvalue weighted by molar-refractivity contribution is -0.0230. The Hall–Kier alpha value is -0.120. The van der Waals surface area contributed by atoms with Crippen molar-refractivity contribution in [1.29, 1.82) is 0 Å². The molecular formula is C43H88O3. The van der Waals surface area contributed by atoms with Crippen molar-refractivity contribution in [2.24, 2.45) is 47.3 Å². The van der Waals surface area contributed by atoms with Crippen molar-refractivity contribution in [2.75, 3.05) is 26.4 Å². The minimum atomic E-state index is -0.511. The predicted octanol–water partition coefficient (Wildman–Crippen LogP) is 13.3. The third-order valence-corrected chi connectivity index (χ3v) is 10.7. The van der Waals surface area contributed by atoms with E-state index in [0.717, 1.165) is 61.6 Å². The molecule has 0 amide bonds. The van der Waals surface area contributed by atoms with Crippen LogP contribution in [0.3, 0.4) is 0 Å². The molecule has 278 valence electrons. The molecule has 46 heavy (non-hydrogen) atoms. The first kappa shape index (κ1) is 45.9. The van der Waals surface area contributed by atoms with Gasteiger partial charge in [-0.3, -0.25) is 0 Å². The molecule has 0 heterocycles. The third-order valence-electron chi connectivity index (χ3n) is 10.7. The standard InChI is InChI=1S/C43H88O3/c1-35(2)17-11-19-37(5)21-13-23-39(7)25-15-27-41(9)29-31-45-33-43(44)34-46-32-30-42(10)28-16-26-40(8)24-14-22-38(6)20-12-18-36(3)4/h35-44H,11-34H2,1-10H3. The molecule has 0 spiro atoms. The molecule has 0 aromatic carbocycles. The molecule has 6 atom stereocenters. The molecule has 0 saturated heterocycles. The Morgan fingerprint density at radius 1 is 0.326 bits per heavy atom. The van der Waals surface area contributed by atoms with Crippen LogP contribution in [0.2, 0.25) is 0 Å². The topological polar surface area (TPSA) is 38.7 Å². The van der Waals surface area contributed by atoms with Crippen LogP contribution in [-0.2, 0) is 9.47 Å². The van der Waals surface area contributed by atoms with Crippen LogP contribution in [0, 0.1) is 47.3 Å². The lowest BCUT2D eigenvalue weighted by Gasteiger charge is -2.17. The minimum absolute atomic E-state index is 0.393. The fourth-order valence-corrected chi connectivity index (χ4v) is 6.93. The summed E-state index contributed by atoms with van der Waals surface area (Å²) in [6.07, 6.45) is 26.4. The summed E-state index contributed by atoms with van der Waals surface area (Å²) in [6.45, 7) is 26.1. The van der Waals surface area contributed by atoms with Gasteiger partial charge in [0.25, 0.3) is 0 Å². The minimum Gasteiger partial charge on any atom is -0.388 e. The van der Waals surface area contributed by atoms with Gasteiger partial charge in [-0.25, -0.2) is 0 Å². The van der Waals surface area contributed by atoms with Gasteiger partial charge in [-0.15, -0.1) is 0 Å². The summed E-state index contributed by atoms with van der Waals surface area (Å²) >= 11 is 0. The monoisotopic (exact) mass is 653 g/mol. The zero-order valence-electron chi connectivity index (χ0n) is 33.4. The fourth-order valence-electron chi connectivity index (χ4n) is 6.93. The average Bonchev–Trinajstić information content (AvgIpc) is 2.97. The van der Waals surface area contributed by atoms with Gasteiger partial charge in [0.15, 0.2) is 0 Å². The summed E-state index contributed by atoms with van der Waals surface area (Å²) in [6, 6.07) is 0. The Bertz CT molecular complexity index is 567. The zero-order chi connectivity index (χ0) is 34.6. The maximum Gasteiger partial charge on any atom is 0.101 e. The quantitative estimate of drug-likeness (QED) is 0.0703. The van der Waals surface area contributed by atoms with Gasteiger partial charge in [-0.1, -0.05) is 185 Å². The molecule has 0 aliphatic carbocycles. The van der Waals surface area contributed by atoms with Crippen LogP contribution in [0.1, 0.15) is 198 Å². The Balaban J connectivity index is 3.64. The smallest absolute Gasteiger partial charge is 0.101 e. The Kier molecular flexibility index (Phi) is 30.8. The van der Waals surface area contributed by atoms with Gasteiger partial charge in [-0.05, 0) is 60.2 Å². The van der Waals surface area contributed by atoms with Crippen LogP contribution in [-0.4, -0.2) is 37.6 Å². The summed E-state index contributed by atoms with van der Waals surface area (Å²) in [4.78, 5) is 0. The molecule has 0 rings (SSSR count). The van der Waals surface area contributed by atoms with E-state index in [-0.39, 0.29) is 0 Å². The number of aliphatic hydroxyl groups is 1. The van der Waals surface area contributed by atoms with Gasteiger partial charge in [0, 0.05) is 13.2 Å². The van der Waals surface area contributed by atoms with Gasteiger partial charge in [0.2, 0.25) is 0 Å². The third kappa shape index (κ3) is 32.4. The number of aliphatic hydroxyl groups excluding tert-OH is 1. The largest absolute Gasteiger partial charge is 0.388 e. The highest BCUT2D eigenvalue weighted by Crippen LogP contribution is 2.24. The van der Waals surface area contributed by atoms with Crippen LogP contribution < -0.4 is 0 Å². The van der Waals surface area contributed by atoms with E-state index < -0.39 is 6.10 Å². The number of rotatable bonds is 34. The van der Waals surface area contributed by atoms with Crippen molar-refractivity contribution in [1.82, 2.24) is 0 Å². The van der Waals surface area contributed by atoms with Crippen LogP contribution in [0.5, 0.6) is 0 Å². The molecule has 0 aliphatic heterocycles. The molecule has 6 unspecified atom stereocenters. The maximum absolute atomic E-state index is 10.3. The van der Waals surface area contributed by atoms with Gasteiger partial charge >= 0.3 is 0 Å². The highest BCUT2D eigenvalue weighted by molar-refractivity contribution is 4.63. The summed E-state index contributed by atoms with van der Waals surface area (Å²) in [5.41, 5.74) is 0. The van der Waals surface area contributed by atoms with E-state index >= 15 is 0 Å². The van der Waals surface area contributed by atoms with E-state index in [1.807, 2.05) is 0 Å². The zero-order valence-corrected chi connectivity index (χ0v) is 33.4. The van der Waals surface area contributed by atoms with E-state index in [0.29, 0.717) is 25.0 Å². The van der Waals surface area contributed by atoms with Crippen molar-refractivity contribution in [3.63, 3.8) is 0 Å². The molecule has 0 aromatic heterocycles. The molecule has 0 radical (unpaired) electrons. The molecule has 0 fully saturated rings. The van der Waals surface area contributed by atoms with E-state index in [2.05, 4.69) is 69.2 Å². The van der Waals surface area contributed by atoms with Gasteiger partial charge in [0.1, 0.15) is 6.10 Å². The molecule has 3 heteroatoms. The molecule has 0 aromatic rings. The summed E-state index contributed by atoms with van der Waals surface area (Å²) in [5.74, 6) is 6.58. The van der Waals surface area contributed by atoms with Crippen LogP contribution in [0.25, 0.3) is 0 Å². The van der Waals surface area contributed by atoms with E-state index in [1.165, 1.54) is 116 Å². The van der Waals surface area contributed by atoms with Crippen LogP contribution in [0.4, 0.5) is 0 Å². The first-order valence-corrected chi connectivity index (χ1v) is 20.7. The van der Waals surface area contributed by atoms with Crippen molar-refractivity contribution >= 4 is 0 Å². The second-order valence-corrected chi connectivity index (χ2v) is 17.4. The normalized spacial score (nSPS) is 16.9. The van der Waals surface area contributed by atoms with E-state index in [1.54, 1.807) is 0 Å². The van der Waals surface area contributed by atoms with Gasteiger partial charge in [0.05, 0.1) is 13.2 Å². The van der Waals surface area contributed by atoms with Crippen molar-refractivity contribution in [2.45, 2.75) is 204 Å². The fraction of sp³-hybridized carbons (Fsp3) is 1.00. The van der Waals surface area contributed by atoms with Crippen LogP contribution >= 0.6 is 0 Å². The van der Waals surface area contributed by atoms with E-state index in [4.69, 9.17) is 9.47 Å². The molecule has 0 aliphatic rings. The lowest BCUT2D eigenvalue weighted by atomic mass is 9.91. The molecule has 1 N–H and O–H groups in total. The number of hydrogen-bond acceptors (Lipinski definition) is 3. The number of hydrogen-bond donors (Lipinski definition) is 1.